The normalized spacial score (nSPS) is 13.9. The van der Waals surface area contributed by atoms with Gasteiger partial charge in [-0.2, -0.15) is 11.8 Å². The smallest absolute Gasteiger partial charge is 0.265 e. The number of rotatable bonds is 9. The van der Waals surface area contributed by atoms with Crippen molar-refractivity contribution >= 4 is 41.0 Å². The first-order valence-electron chi connectivity index (χ1n) is 8.85. The minimum Gasteiger partial charge on any atom is -0.496 e. The first-order valence-corrected chi connectivity index (χ1v) is 11.0. The molecule has 0 saturated heterocycles. The van der Waals surface area contributed by atoms with Crippen LogP contribution < -0.4 is 10.6 Å². The zero-order chi connectivity index (χ0) is 18.8. The second-order valence-electron chi connectivity index (χ2n) is 5.84. The van der Waals surface area contributed by atoms with Crippen LogP contribution in [-0.2, 0) is 9.53 Å². The maximum absolute atomic E-state index is 12.3. The van der Waals surface area contributed by atoms with Crippen LogP contribution in [0.3, 0.4) is 0 Å². The van der Waals surface area contributed by atoms with Gasteiger partial charge in [0, 0.05) is 23.5 Å². The van der Waals surface area contributed by atoms with Crippen molar-refractivity contribution in [1.29, 1.82) is 0 Å². The molecule has 0 radical (unpaired) electrons. The Morgan fingerprint density at radius 2 is 1.96 bits per heavy atom. The number of hydrogen-bond acceptors (Lipinski definition) is 5. The van der Waals surface area contributed by atoms with Gasteiger partial charge in [0.2, 0.25) is 0 Å². The van der Waals surface area contributed by atoms with Gasteiger partial charge in [0.1, 0.15) is 10.7 Å². The molecule has 0 saturated carbocycles. The van der Waals surface area contributed by atoms with E-state index in [-0.39, 0.29) is 11.8 Å². The summed E-state index contributed by atoms with van der Waals surface area (Å²) in [5.41, 5.74) is 1.25. The summed E-state index contributed by atoms with van der Waals surface area (Å²) in [6.07, 6.45) is 2.15. The fraction of sp³-hybridized carbons (Fsp3) is 0.474. The zero-order valence-electron chi connectivity index (χ0n) is 15.3. The van der Waals surface area contributed by atoms with Gasteiger partial charge in [0.25, 0.3) is 11.8 Å². The highest BCUT2D eigenvalue weighted by Crippen LogP contribution is 2.26. The van der Waals surface area contributed by atoms with E-state index >= 15 is 0 Å². The highest BCUT2D eigenvalue weighted by Gasteiger charge is 2.18. The highest BCUT2D eigenvalue weighted by atomic mass is 32.2. The summed E-state index contributed by atoms with van der Waals surface area (Å²) in [6, 6.07) is 6.94. The van der Waals surface area contributed by atoms with Crippen LogP contribution in [0.25, 0.3) is 0 Å². The predicted octanol–water partition coefficient (Wildman–Crippen LogP) is 3.88. The molecule has 0 aromatic heterocycles. The van der Waals surface area contributed by atoms with Crippen LogP contribution in [0.4, 0.5) is 5.69 Å². The molecule has 2 N–H and O–H groups in total. The van der Waals surface area contributed by atoms with Crippen molar-refractivity contribution in [2.45, 2.75) is 26.7 Å². The summed E-state index contributed by atoms with van der Waals surface area (Å²) in [4.78, 5) is 25.0. The zero-order valence-corrected chi connectivity index (χ0v) is 16.9. The SMILES string of the molecule is CCCSCCCNC(=O)c1ccc(NC(=O)C2=C(C)OCCS2)cc1. The molecule has 7 heteroatoms. The van der Waals surface area contributed by atoms with Gasteiger partial charge in [-0.05, 0) is 55.5 Å². The van der Waals surface area contributed by atoms with E-state index in [0.29, 0.717) is 35.1 Å². The molecular formula is C19H26N2O3S2. The lowest BCUT2D eigenvalue weighted by Gasteiger charge is -2.17. The molecule has 0 aliphatic carbocycles. The van der Waals surface area contributed by atoms with E-state index in [0.717, 1.165) is 17.9 Å². The molecule has 0 spiro atoms. The average molecular weight is 395 g/mol. The number of benzene rings is 1. The Kier molecular flexibility index (Phi) is 8.91. The minimum absolute atomic E-state index is 0.0850. The average Bonchev–Trinajstić information content (AvgIpc) is 2.65. The van der Waals surface area contributed by atoms with Crippen molar-refractivity contribution in [2.24, 2.45) is 0 Å². The number of anilines is 1. The van der Waals surface area contributed by atoms with Gasteiger partial charge in [0.05, 0.1) is 6.61 Å². The molecule has 2 rings (SSSR count). The van der Waals surface area contributed by atoms with Crippen molar-refractivity contribution in [3.8, 4) is 0 Å². The first-order chi connectivity index (χ1) is 12.6. The van der Waals surface area contributed by atoms with Crippen molar-refractivity contribution in [1.82, 2.24) is 5.32 Å². The van der Waals surface area contributed by atoms with E-state index in [2.05, 4.69) is 17.6 Å². The molecule has 26 heavy (non-hydrogen) atoms. The number of nitrogens with one attached hydrogen (secondary N) is 2. The molecule has 0 fully saturated rings. The largest absolute Gasteiger partial charge is 0.496 e. The Morgan fingerprint density at radius 1 is 1.19 bits per heavy atom. The Bertz CT molecular complexity index is 645. The molecule has 1 aliphatic rings. The van der Waals surface area contributed by atoms with Gasteiger partial charge < -0.3 is 15.4 Å². The fourth-order valence-corrected chi connectivity index (χ4v) is 4.00. The van der Waals surface area contributed by atoms with Crippen LogP contribution in [0.1, 0.15) is 37.0 Å². The molecule has 2 amide bonds. The lowest BCUT2D eigenvalue weighted by Crippen LogP contribution is -2.24. The van der Waals surface area contributed by atoms with Gasteiger partial charge in [0.15, 0.2) is 0 Å². The number of carbonyl (C=O) groups is 2. The summed E-state index contributed by atoms with van der Waals surface area (Å²) in [7, 11) is 0. The van der Waals surface area contributed by atoms with Crippen LogP contribution in [0.5, 0.6) is 0 Å². The standard InChI is InChI=1S/C19H26N2O3S2/c1-3-11-25-12-4-9-20-18(22)15-5-7-16(8-6-15)21-19(23)17-14(2)24-10-13-26-17/h5-8H,3-4,9-13H2,1-2H3,(H,20,22)(H,21,23). The summed E-state index contributed by atoms with van der Waals surface area (Å²) in [6.45, 7) is 5.28. The van der Waals surface area contributed by atoms with E-state index in [1.807, 2.05) is 11.8 Å². The number of carbonyl (C=O) groups excluding carboxylic acids is 2. The van der Waals surface area contributed by atoms with E-state index in [1.54, 1.807) is 31.2 Å². The second-order valence-corrected chi connectivity index (χ2v) is 8.17. The molecule has 1 aromatic rings. The fourth-order valence-electron chi connectivity index (χ4n) is 2.35. The van der Waals surface area contributed by atoms with Gasteiger partial charge >= 0.3 is 0 Å². The van der Waals surface area contributed by atoms with Crippen molar-refractivity contribution in [3.05, 3.63) is 40.5 Å². The molecule has 142 valence electrons. The quantitative estimate of drug-likeness (QED) is 0.622. The molecule has 1 aromatic carbocycles. The van der Waals surface area contributed by atoms with Crippen LogP contribution in [0.2, 0.25) is 0 Å². The Balaban J connectivity index is 1.80. The Morgan fingerprint density at radius 3 is 2.65 bits per heavy atom. The third-order valence-electron chi connectivity index (χ3n) is 3.68. The van der Waals surface area contributed by atoms with Gasteiger partial charge in [-0.15, -0.1) is 11.8 Å². The topological polar surface area (TPSA) is 67.4 Å². The van der Waals surface area contributed by atoms with Gasteiger partial charge in [-0.25, -0.2) is 0 Å². The Hall–Kier alpha value is -1.60. The second kappa shape index (κ2) is 11.2. The van der Waals surface area contributed by atoms with Gasteiger partial charge in [-0.3, -0.25) is 9.59 Å². The summed E-state index contributed by atoms with van der Waals surface area (Å²) < 4.78 is 5.41. The number of thioether (sulfide) groups is 2. The number of hydrogen-bond donors (Lipinski definition) is 2. The lowest BCUT2D eigenvalue weighted by atomic mass is 10.2. The predicted molar refractivity (Wildman–Crippen MR) is 111 cm³/mol. The van der Waals surface area contributed by atoms with Crippen LogP contribution in [0, 0.1) is 0 Å². The van der Waals surface area contributed by atoms with Crippen LogP contribution in [0.15, 0.2) is 34.9 Å². The number of ether oxygens (including phenoxy) is 1. The first kappa shape index (κ1) is 20.7. The molecule has 1 heterocycles. The molecule has 1 aliphatic heterocycles. The van der Waals surface area contributed by atoms with E-state index in [4.69, 9.17) is 4.74 Å². The summed E-state index contributed by atoms with van der Waals surface area (Å²) in [5.74, 6) is 3.41. The molecule has 0 unspecified atom stereocenters. The lowest BCUT2D eigenvalue weighted by molar-refractivity contribution is -0.112. The highest BCUT2D eigenvalue weighted by molar-refractivity contribution is 8.04. The maximum atomic E-state index is 12.3. The van der Waals surface area contributed by atoms with Crippen molar-refractivity contribution in [3.63, 3.8) is 0 Å². The van der Waals surface area contributed by atoms with Crippen LogP contribution >= 0.6 is 23.5 Å². The third-order valence-corrected chi connectivity index (χ3v) is 6.09. The molecular weight excluding hydrogens is 368 g/mol. The monoisotopic (exact) mass is 394 g/mol. The Labute approximate surface area is 163 Å². The minimum atomic E-state index is -0.172. The van der Waals surface area contributed by atoms with Crippen molar-refractivity contribution in [2.75, 3.05) is 35.7 Å². The van der Waals surface area contributed by atoms with E-state index in [9.17, 15) is 9.59 Å². The molecule has 0 bridgehead atoms. The number of allylic oxidation sites excluding steroid dienone is 1. The molecule has 0 atom stereocenters. The van der Waals surface area contributed by atoms with Crippen molar-refractivity contribution < 1.29 is 14.3 Å². The maximum Gasteiger partial charge on any atom is 0.265 e. The van der Waals surface area contributed by atoms with E-state index < -0.39 is 0 Å². The third kappa shape index (κ3) is 6.61. The van der Waals surface area contributed by atoms with Gasteiger partial charge in [-0.1, -0.05) is 6.92 Å². The van der Waals surface area contributed by atoms with E-state index in [1.165, 1.54) is 23.9 Å². The molecule has 5 nitrogen and oxygen atoms in total. The van der Waals surface area contributed by atoms with Crippen LogP contribution in [-0.4, -0.2) is 42.2 Å². The summed E-state index contributed by atoms with van der Waals surface area (Å²) >= 11 is 3.41. The number of amides is 2. The summed E-state index contributed by atoms with van der Waals surface area (Å²) in [5, 5.41) is 5.77.